The first-order chi connectivity index (χ1) is 13.5. The van der Waals surface area contributed by atoms with Gasteiger partial charge in [-0.1, -0.05) is 48.7 Å². The maximum Gasteiger partial charge on any atom is 0.352 e. The third-order valence-corrected chi connectivity index (χ3v) is 5.90. The highest BCUT2D eigenvalue weighted by Gasteiger charge is 2.24. The molecular formula is C22H22ClFN2O2. The Morgan fingerprint density at radius 3 is 2.68 bits per heavy atom. The van der Waals surface area contributed by atoms with Gasteiger partial charge in [0, 0.05) is 40.6 Å². The van der Waals surface area contributed by atoms with Gasteiger partial charge in [0.05, 0.1) is 0 Å². The van der Waals surface area contributed by atoms with Crippen LogP contribution in [-0.4, -0.2) is 21.7 Å². The van der Waals surface area contributed by atoms with E-state index in [9.17, 15) is 14.3 Å². The topological polar surface area (TPSA) is 54.3 Å². The van der Waals surface area contributed by atoms with Crippen LogP contribution >= 0.6 is 11.6 Å². The van der Waals surface area contributed by atoms with E-state index in [0.29, 0.717) is 23.2 Å². The highest BCUT2D eigenvalue weighted by Crippen LogP contribution is 2.30. The van der Waals surface area contributed by atoms with Crippen LogP contribution in [0, 0.1) is 5.82 Å². The van der Waals surface area contributed by atoms with E-state index in [1.54, 1.807) is 10.6 Å². The third kappa shape index (κ3) is 3.64. The number of carboxylic acid groups (broad SMARTS) is 1. The molecule has 0 aliphatic heterocycles. The zero-order valence-electron chi connectivity index (χ0n) is 15.4. The molecule has 0 saturated heterocycles. The summed E-state index contributed by atoms with van der Waals surface area (Å²) in [5.74, 6) is -1.39. The quantitative estimate of drug-likeness (QED) is 0.597. The third-order valence-electron chi connectivity index (χ3n) is 5.54. The molecule has 4 rings (SSSR count). The highest BCUT2D eigenvalue weighted by atomic mass is 35.5. The van der Waals surface area contributed by atoms with Crippen molar-refractivity contribution in [3.63, 3.8) is 0 Å². The number of hydrogen-bond donors (Lipinski definition) is 2. The molecule has 28 heavy (non-hydrogen) atoms. The summed E-state index contributed by atoms with van der Waals surface area (Å²) in [6.07, 6.45) is 4.70. The summed E-state index contributed by atoms with van der Waals surface area (Å²) in [7, 11) is 0. The fraction of sp³-hybridized carbons (Fsp3) is 0.318. The van der Waals surface area contributed by atoms with E-state index >= 15 is 0 Å². The molecule has 0 unspecified atom stereocenters. The Balaban J connectivity index is 1.78. The van der Waals surface area contributed by atoms with Gasteiger partial charge in [-0.15, -0.1) is 0 Å². The summed E-state index contributed by atoms with van der Waals surface area (Å²) in [6, 6.07) is 12.3. The predicted octanol–water partition coefficient (Wildman–Crippen LogP) is 5.21. The lowest BCUT2D eigenvalue weighted by Gasteiger charge is -2.13. The van der Waals surface area contributed by atoms with Crippen LogP contribution in [0.5, 0.6) is 0 Å². The van der Waals surface area contributed by atoms with E-state index in [4.69, 9.17) is 11.6 Å². The lowest BCUT2D eigenvalue weighted by molar-refractivity contribution is 0.0684. The average molecular weight is 401 g/mol. The van der Waals surface area contributed by atoms with E-state index < -0.39 is 11.8 Å². The molecule has 0 radical (unpaired) electrons. The Hall–Kier alpha value is -2.37. The molecule has 1 saturated carbocycles. The zero-order chi connectivity index (χ0) is 19.7. The summed E-state index contributed by atoms with van der Waals surface area (Å²) in [5, 5.41) is 14.7. The minimum absolute atomic E-state index is 0.257. The number of benzene rings is 2. The van der Waals surface area contributed by atoms with Gasteiger partial charge in [0.2, 0.25) is 0 Å². The molecule has 0 bridgehead atoms. The van der Waals surface area contributed by atoms with E-state index in [0.717, 1.165) is 29.3 Å². The number of carboxylic acids is 1. The Morgan fingerprint density at radius 2 is 1.96 bits per heavy atom. The molecule has 1 aromatic heterocycles. The van der Waals surface area contributed by atoms with Gasteiger partial charge in [-0.3, -0.25) is 0 Å². The molecule has 2 aromatic carbocycles. The minimum atomic E-state index is -0.974. The maximum absolute atomic E-state index is 13.4. The van der Waals surface area contributed by atoms with Gasteiger partial charge in [-0.05, 0) is 36.6 Å². The Labute approximate surface area is 167 Å². The summed E-state index contributed by atoms with van der Waals surface area (Å²) in [4.78, 5) is 12.2. The van der Waals surface area contributed by atoms with E-state index in [-0.39, 0.29) is 12.2 Å². The number of halogens is 2. The molecule has 3 aromatic rings. The number of hydrogen-bond acceptors (Lipinski definition) is 2. The van der Waals surface area contributed by atoms with Crippen molar-refractivity contribution < 1.29 is 14.3 Å². The second kappa shape index (κ2) is 7.94. The van der Waals surface area contributed by atoms with E-state index in [1.165, 1.54) is 25.0 Å². The van der Waals surface area contributed by atoms with Crippen LogP contribution < -0.4 is 5.32 Å². The molecule has 1 fully saturated rings. The number of carbonyl (C=O) groups is 1. The van der Waals surface area contributed by atoms with Gasteiger partial charge < -0.3 is 15.0 Å². The Bertz CT molecular complexity index is 1020. The fourth-order valence-corrected chi connectivity index (χ4v) is 4.39. The number of fused-ring (bicyclic) bond motifs is 1. The predicted molar refractivity (Wildman–Crippen MR) is 109 cm³/mol. The van der Waals surface area contributed by atoms with E-state index in [1.807, 2.05) is 24.3 Å². The molecule has 0 atom stereocenters. The first-order valence-electron chi connectivity index (χ1n) is 9.55. The second-order valence-corrected chi connectivity index (χ2v) is 7.74. The van der Waals surface area contributed by atoms with Crippen molar-refractivity contribution in [1.29, 1.82) is 0 Å². The second-order valence-electron chi connectivity index (χ2n) is 7.33. The normalized spacial score (nSPS) is 14.8. The molecule has 6 heteroatoms. The van der Waals surface area contributed by atoms with Gasteiger partial charge >= 0.3 is 5.97 Å². The summed E-state index contributed by atoms with van der Waals surface area (Å²) < 4.78 is 15.2. The largest absolute Gasteiger partial charge is 0.477 e. The number of rotatable bonds is 6. The number of aromatic nitrogens is 1. The van der Waals surface area contributed by atoms with Gasteiger partial charge in [-0.2, -0.15) is 0 Å². The molecule has 2 N–H and O–H groups in total. The van der Waals surface area contributed by atoms with Crippen molar-refractivity contribution in [2.45, 2.75) is 44.8 Å². The van der Waals surface area contributed by atoms with Gasteiger partial charge in [0.1, 0.15) is 11.5 Å². The van der Waals surface area contributed by atoms with Gasteiger partial charge in [0.25, 0.3) is 0 Å². The fourth-order valence-electron chi connectivity index (χ4n) is 4.16. The van der Waals surface area contributed by atoms with Crippen molar-refractivity contribution in [2.75, 3.05) is 0 Å². The first-order valence-corrected chi connectivity index (χ1v) is 9.93. The summed E-state index contributed by atoms with van der Waals surface area (Å²) >= 11 is 6.20. The van der Waals surface area contributed by atoms with Crippen LogP contribution in [0.3, 0.4) is 0 Å². The SMILES string of the molecule is O=C(O)c1c(CNC2CCCC2)c2ccccc2n1Cc1ccc(F)cc1Cl. The smallest absolute Gasteiger partial charge is 0.352 e. The number of para-hydroxylation sites is 1. The number of nitrogens with one attached hydrogen (secondary N) is 1. The monoisotopic (exact) mass is 400 g/mol. The van der Waals surface area contributed by atoms with Crippen molar-refractivity contribution in [2.24, 2.45) is 0 Å². The van der Waals surface area contributed by atoms with Crippen molar-refractivity contribution in [3.05, 3.63) is 70.1 Å². The Kier molecular flexibility index (Phi) is 5.38. The van der Waals surface area contributed by atoms with Crippen molar-refractivity contribution >= 4 is 28.5 Å². The molecule has 146 valence electrons. The van der Waals surface area contributed by atoms with Crippen LogP contribution in [0.15, 0.2) is 42.5 Å². The molecule has 0 amide bonds. The van der Waals surface area contributed by atoms with E-state index in [2.05, 4.69) is 5.32 Å². The van der Waals surface area contributed by atoms with Crippen LogP contribution in [0.25, 0.3) is 10.9 Å². The van der Waals surface area contributed by atoms with Gasteiger partial charge in [-0.25, -0.2) is 9.18 Å². The standard InChI is InChI=1S/C22H22ClFN2O2/c23-19-11-15(24)10-9-14(19)13-26-20-8-4-3-7-17(20)18(21(26)22(27)28)12-25-16-5-1-2-6-16/h3-4,7-11,16,25H,1-2,5-6,12-13H2,(H,27,28). The molecule has 0 spiro atoms. The number of nitrogens with zero attached hydrogens (tertiary/aromatic N) is 1. The molecule has 1 heterocycles. The lowest BCUT2D eigenvalue weighted by Crippen LogP contribution is -2.26. The highest BCUT2D eigenvalue weighted by molar-refractivity contribution is 6.31. The first kappa shape index (κ1) is 19.0. The van der Waals surface area contributed by atoms with Crippen molar-refractivity contribution in [3.8, 4) is 0 Å². The van der Waals surface area contributed by atoms with Crippen LogP contribution in [0.2, 0.25) is 5.02 Å². The number of aromatic carboxylic acids is 1. The lowest BCUT2D eigenvalue weighted by atomic mass is 10.1. The zero-order valence-corrected chi connectivity index (χ0v) is 16.2. The summed E-state index contributed by atoms with van der Waals surface area (Å²) in [6.45, 7) is 0.779. The maximum atomic E-state index is 13.4. The summed E-state index contributed by atoms with van der Waals surface area (Å²) in [5.41, 5.74) is 2.56. The van der Waals surface area contributed by atoms with Crippen LogP contribution in [0.1, 0.15) is 47.3 Å². The van der Waals surface area contributed by atoms with Crippen LogP contribution in [0.4, 0.5) is 4.39 Å². The molecule has 1 aliphatic rings. The van der Waals surface area contributed by atoms with Gasteiger partial charge in [0.15, 0.2) is 0 Å². The average Bonchev–Trinajstić information content (AvgIpc) is 3.28. The molecule has 1 aliphatic carbocycles. The van der Waals surface area contributed by atoms with Crippen molar-refractivity contribution in [1.82, 2.24) is 9.88 Å². The molecule has 4 nitrogen and oxygen atoms in total. The minimum Gasteiger partial charge on any atom is -0.477 e. The molecular weight excluding hydrogens is 379 g/mol. The van der Waals surface area contributed by atoms with Crippen LogP contribution in [-0.2, 0) is 13.1 Å². The Morgan fingerprint density at radius 1 is 1.21 bits per heavy atom.